The van der Waals surface area contributed by atoms with Crippen molar-refractivity contribution in [2.75, 3.05) is 0 Å². The number of carbonyl (C=O) groups excluding carboxylic acids is 1. The monoisotopic (exact) mass is 305 g/mol. The second-order valence-electron chi connectivity index (χ2n) is 5.59. The number of hydrogen-bond acceptors (Lipinski definition) is 5. The maximum atomic E-state index is 12.1. The van der Waals surface area contributed by atoms with Crippen molar-refractivity contribution >= 4 is 17.2 Å². The molecule has 0 aliphatic heterocycles. The summed E-state index contributed by atoms with van der Waals surface area (Å²) < 4.78 is 0. The molecule has 1 N–H and O–H groups in total. The summed E-state index contributed by atoms with van der Waals surface area (Å²) in [7, 11) is 0. The molecule has 0 bridgehead atoms. The Morgan fingerprint density at radius 2 is 2.33 bits per heavy atom. The van der Waals surface area contributed by atoms with Crippen molar-refractivity contribution in [1.29, 1.82) is 0 Å². The summed E-state index contributed by atoms with van der Waals surface area (Å²) in [5.74, 6) is 1.07. The molecule has 3 rings (SSSR count). The number of amides is 1. The van der Waals surface area contributed by atoms with Crippen molar-refractivity contribution in [1.82, 2.24) is 25.5 Å². The first-order chi connectivity index (χ1) is 10.2. The summed E-state index contributed by atoms with van der Waals surface area (Å²) >= 11 is 1.58. The van der Waals surface area contributed by atoms with E-state index in [2.05, 4.69) is 27.7 Å². The van der Waals surface area contributed by atoms with Crippen LogP contribution in [-0.2, 0) is 11.3 Å². The molecule has 0 aromatic carbocycles. The van der Waals surface area contributed by atoms with E-state index in [9.17, 15) is 4.79 Å². The van der Waals surface area contributed by atoms with Gasteiger partial charge < -0.3 is 5.32 Å². The molecule has 2 aromatic rings. The van der Waals surface area contributed by atoms with E-state index < -0.39 is 0 Å². The molecule has 21 heavy (non-hydrogen) atoms. The van der Waals surface area contributed by atoms with E-state index in [-0.39, 0.29) is 18.5 Å². The molecule has 112 valence electrons. The minimum Gasteiger partial charge on any atom is -0.351 e. The van der Waals surface area contributed by atoms with E-state index >= 15 is 0 Å². The van der Waals surface area contributed by atoms with Crippen LogP contribution < -0.4 is 5.32 Å². The van der Waals surface area contributed by atoms with Crippen molar-refractivity contribution in [2.24, 2.45) is 5.92 Å². The minimum absolute atomic E-state index is 0.0389. The van der Waals surface area contributed by atoms with E-state index in [0.29, 0.717) is 11.7 Å². The first kappa shape index (κ1) is 14.2. The predicted octanol–water partition coefficient (Wildman–Crippen LogP) is 2.10. The quantitative estimate of drug-likeness (QED) is 0.939. The van der Waals surface area contributed by atoms with Gasteiger partial charge in [-0.1, -0.05) is 19.8 Å². The lowest BCUT2D eigenvalue weighted by Crippen LogP contribution is -2.42. The fourth-order valence-corrected chi connectivity index (χ4v) is 3.36. The zero-order valence-corrected chi connectivity index (χ0v) is 12.8. The zero-order valence-electron chi connectivity index (χ0n) is 12.0. The summed E-state index contributed by atoms with van der Waals surface area (Å²) in [6, 6.07) is 2.22. The maximum absolute atomic E-state index is 12.1. The van der Waals surface area contributed by atoms with Gasteiger partial charge in [0, 0.05) is 17.0 Å². The average molecular weight is 305 g/mol. The average Bonchev–Trinajstić information content (AvgIpc) is 3.12. The van der Waals surface area contributed by atoms with Crippen LogP contribution in [0.4, 0.5) is 0 Å². The van der Waals surface area contributed by atoms with E-state index in [1.54, 1.807) is 11.3 Å². The van der Waals surface area contributed by atoms with Crippen LogP contribution in [-0.4, -0.2) is 32.2 Å². The van der Waals surface area contributed by atoms with E-state index in [1.165, 1.54) is 24.1 Å². The van der Waals surface area contributed by atoms with Crippen LogP contribution in [0.25, 0.3) is 11.4 Å². The molecule has 7 heteroatoms. The first-order valence-corrected chi connectivity index (χ1v) is 8.26. The summed E-state index contributed by atoms with van der Waals surface area (Å²) in [4.78, 5) is 13.4. The summed E-state index contributed by atoms with van der Waals surface area (Å²) in [5, 5.41) is 19.2. The lowest BCUT2D eigenvalue weighted by atomic mass is 9.86. The maximum Gasteiger partial charge on any atom is 0.243 e. The van der Waals surface area contributed by atoms with Crippen molar-refractivity contribution in [3.05, 3.63) is 16.8 Å². The molecule has 1 fully saturated rings. The van der Waals surface area contributed by atoms with E-state index in [1.807, 2.05) is 16.8 Å². The fraction of sp³-hybridized carbons (Fsp3) is 0.571. The number of nitrogens with zero attached hydrogens (tertiary/aromatic N) is 4. The third-order valence-corrected chi connectivity index (χ3v) is 4.66. The Balaban J connectivity index is 1.57. The van der Waals surface area contributed by atoms with Gasteiger partial charge in [-0.05, 0) is 35.4 Å². The number of hydrogen-bond donors (Lipinski definition) is 1. The van der Waals surface area contributed by atoms with Crippen LogP contribution in [0.2, 0.25) is 0 Å². The van der Waals surface area contributed by atoms with Gasteiger partial charge in [-0.3, -0.25) is 4.79 Å². The van der Waals surface area contributed by atoms with Crippen molar-refractivity contribution in [2.45, 2.75) is 45.2 Å². The zero-order chi connectivity index (χ0) is 14.7. The van der Waals surface area contributed by atoms with Crippen LogP contribution in [0.15, 0.2) is 16.8 Å². The number of nitrogens with one attached hydrogen (secondary N) is 1. The Bertz CT molecular complexity index is 594. The number of rotatable bonds is 4. The number of thiophene rings is 1. The molecule has 1 amide bonds. The fourth-order valence-electron chi connectivity index (χ4n) is 2.73. The number of carbonyl (C=O) groups is 1. The number of tetrazole rings is 1. The van der Waals surface area contributed by atoms with Crippen LogP contribution in [0.3, 0.4) is 0 Å². The van der Waals surface area contributed by atoms with Gasteiger partial charge in [0.25, 0.3) is 0 Å². The summed E-state index contributed by atoms with van der Waals surface area (Å²) in [6.07, 6.45) is 4.72. The highest BCUT2D eigenvalue weighted by atomic mass is 32.1. The van der Waals surface area contributed by atoms with Crippen LogP contribution in [0, 0.1) is 5.92 Å². The molecule has 2 aromatic heterocycles. The van der Waals surface area contributed by atoms with Gasteiger partial charge in [-0.25, -0.2) is 0 Å². The molecular formula is C14H19N5OS. The van der Waals surface area contributed by atoms with E-state index in [4.69, 9.17) is 0 Å². The molecule has 0 radical (unpaired) electrons. The molecule has 2 heterocycles. The van der Waals surface area contributed by atoms with Crippen molar-refractivity contribution in [3.63, 3.8) is 0 Å². The highest BCUT2D eigenvalue weighted by Crippen LogP contribution is 2.23. The molecule has 1 aliphatic carbocycles. The highest BCUT2D eigenvalue weighted by molar-refractivity contribution is 7.08. The Kier molecular flexibility index (Phi) is 4.28. The van der Waals surface area contributed by atoms with Crippen molar-refractivity contribution in [3.8, 4) is 11.4 Å². The number of aromatic nitrogens is 4. The van der Waals surface area contributed by atoms with Crippen LogP contribution in [0.1, 0.15) is 32.6 Å². The molecule has 0 unspecified atom stereocenters. The molecular weight excluding hydrogens is 286 g/mol. The van der Waals surface area contributed by atoms with Crippen molar-refractivity contribution < 1.29 is 4.79 Å². The Hall–Kier alpha value is -1.76. The first-order valence-electron chi connectivity index (χ1n) is 7.32. The highest BCUT2D eigenvalue weighted by Gasteiger charge is 2.23. The Morgan fingerprint density at radius 3 is 3.10 bits per heavy atom. The third kappa shape index (κ3) is 3.47. The Morgan fingerprint density at radius 1 is 1.48 bits per heavy atom. The predicted molar refractivity (Wildman–Crippen MR) is 80.7 cm³/mol. The van der Waals surface area contributed by atoms with Gasteiger partial charge in [0.1, 0.15) is 6.54 Å². The smallest absolute Gasteiger partial charge is 0.243 e. The second-order valence-corrected chi connectivity index (χ2v) is 6.37. The standard InChI is InChI=1S/C14H19N5OS/c1-10-4-2-3-5-12(10)15-13(20)8-19-17-14(16-18-19)11-6-7-21-9-11/h6-7,9-10,12H,2-5,8H2,1H3,(H,15,20)/t10-,12+/m1/s1. The van der Waals surface area contributed by atoms with E-state index in [0.717, 1.165) is 12.0 Å². The Labute approximate surface area is 127 Å². The SMILES string of the molecule is C[C@@H]1CCCC[C@@H]1NC(=O)Cn1nnc(-c2ccsc2)n1. The molecule has 1 saturated carbocycles. The summed E-state index contributed by atoms with van der Waals surface area (Å²) in [5.41, 5.74) is 0.938. The molecule has 0 saturated heterocycles. The van der Waals surface area contributed by atoms with Crippen LogP contribution in [0.5, 0.6) is 0 Å². The van der Waals surface area contributed by atoms with Gasteiger partial charge >= 0.3 is 0 Å². The van der Waals surface area contributed by atoms with Gasteiger partial charge in [0.2, 0.25) is 11.7 Å². The minimum atomic E-state index is -0.0389. The normalized spacial score (nSPS) is 22.1. The second kappa shape index (κ2) is 6.34. The third-order valence-electron chi connectivity index (χ3n) is 3.98. The molecule has 6 nitrogen and oxygen atoms in total. The lowest BCUT2D eigenvalue weighted by molar-refractivity contribution is -0.123. The largest absolute Gasteiger partial charge is 0.351 e. The van der Waals surface area contributed by atoms with Gasteiger partial charge in [0.05, 0.1) is 0 Å². The molecule has 2 atom stereocenters. The van der Waals surface area contributed by atoms with Gasteiger partial charge in [0.15, 0.2) is 0 Å². The van der Waals surface area contributed by atoms with Crippen LogP contribution >= 0.6 is 11.3 Å². The lowest BCUT2D eigenvalue weighted by Gasteiger charge is -2.29. The topological polar surface area (TPSA) is 72.7 Å². The molecule has 0 spiro atoms. The summed E-state index contributed by atoms with van der Waals surface area (Å²) in [6.45, 7) is 2.33. The molecule has 1 aliphatic rings. The van der Waals surface area contributed by atoms with Gasteiger partial charge in [-0.15, -0.1) is 10.2 Å². The van der Waals surface area contributed by atoms with Gasteiger partial charge in [-0.2, -0.15) is 16.1 Å².